The third-order valence-corrected chi connectivity index (χ3v) is 5.21. The highest BCUT2D eigenvalue weighted by Crippen LogP contribution is 2.29. The van der Waals surface area contributed by atoms with Crippen molar-refractivity contribution in [3.63, 3.8) is 0 Å². The van der Waals surface area contributed by atoms with Crippen molar-refractivity contribution < 1.29 is 4.74 Å². The molecule has 6 nitrogen and oxygen atoms in total. The molecule has 0 aliphatic carbocycles. The number of benzene rings is 2. The molecule has 0 saturated heterocycles. The van der Waals surface area contributed by atoms with E-state index in [-0.39, 0.29) is 0 Å². The van der Waals surface area contributed by atoms with Crippen molar-refractivity contribution in [2.24, 2.45) is 0 Å². The van der Waals surface area contributed by atoms with Crippen LogP contribution in [0.1, 0.15) is 5.56 Å². The van der Waals surface area contributed by atoms with Crippen molar-refractivity contribution in [1.29, 1.82) is 0 Å². The molecule has 0 amide bonds. The van der Waals surface area contributed by atoms with Gasteiger partial charge in [-0.25, -0.2) is 0 Å². The number of thioether (sulfide) groups is 1. The van der Waals surface area contributed by atoms with Crippen molar-refractivity contribution in [2.45, 2.75) is 10.9 Å². The molecule has 130 valence electrons. The Morgan fingerprint density at radius 2 is 1.96 bits per heavy atom. The van der Waals surface area contributed by atoms with Crippen molar-refractivity contribution >= 4 is 34.3 Å². The Morgan fingerprint density at radius 3 is 2.77 bits per heavy atom. The van der Waals surface area contributed by atoms with E-state index in [2.05, 4.69) is 20.5 Å². The van der Waals surface area contributed by atoms with Crippen molar-refractivity contribution in [2.75, 3.05) is 7.11 Å². The maximum Gasteiger partial charge on any atom is 0.214 e. The van der Waals surface area contributed by atoms with Gasteiger partial charge in [0, 0.05) is 22.4 Å². The van der Waals surface area contributed by atoms with Gasteiger partial charge in [-0.1, -0.05) is 29.4 Å². The Hall–Kier alpha value is -2.64. The van der Waals surface area contributed by atoms with Crippen LogP contribution in [-0.4, -0.2) is 32.3 Å². The zero-order chi connectivity index (χ0) is 17.9. The number of hydrogen-bond acceptors (Lipinski definition) is 6. The second-order valence-electron chi connectivity index (χ2n) is 5.47. The molecular weight excluding hydrogens is 370 g/mol. The average Bonchev–Trinajstić information content (AvgIpc) is 3.16. The predicted octanol–water partition coefficient (Wildman–Crippen LogP) is 4.16. The van der Waals surface area contributed by atoms with Gasteiger partial charge in [0.1, 0.15) is 5.75 Å². The lowest BCUT2D eigenvalue weighted by molar-refractivity contribution is 0.414. The normalized spacial score (nSPS) is 11.0. The number of tetrazole rings is 1. The summed E-state index contributed by atoms with van der Waals surface area (Å²) in [4.78, 5) is 4.47. The van der Waals surface area contributed by atoms with Crippen LogP contribution < -0.4 is 4.74 Å². The molecule has 2 aromatic heterocycles. The van der Waals surface area contributed by atoms with E-state index in [9.17, 15) is 0 Å². The standard InChI is InChI=1S/C18H14ClN5OS/c1-25-14-7-5-13(6-8-14)24-18(21-22-23-24)26-11-12-4-9-16(19)15-3-2-10-20-17(12)15/h2-10H,11H2,1H3. The molecule has 0 atom stereocenters. The van der Waals surface area contributed by atoms with Crippen LogP contribution in [-0.2, 0) is 5.75 Å². The number of fused-ring (bicyclic) bond motifs is 1. The fourth-order valence-corrected chi connectivity index (χ4v) is 3.70. The summed E-state index contributed by atoms with van der Waals surface area (Å²) in [5.74, 6) is 1.47. The molecule has 0 unspecified atom stereocenters. The first-order valence-electron chi connectivity index (χ1n) is 7.84. The maximum absolute atomic E-state index is 6.27. The Labute approximate surface area is 159 Å². The van der Waals surface area contributed by atoms with Crippen LogP contribution in [0.2, 0.25) is 5.02 Å². The van der Waals surface area contributed by atoms with Crippen LogP contribution in [0, 0.1) is 0 Å². The van der Waals surface area contributed by atoms with Gasteiger partial charge in [-0.15, -0.1) is 5.10 Å². The largest absolute Gasteiger partial charge is 0.497 e. The molecule has 0 spiro atoms. The highest BCUT2D eigenvalue weighted by molar-refractivity contribution is 7.98. The van der Waals surface area contributed by atoms with Crippen LogP contribution in [0.15, 0.2) is 59.9 Å². The lowest BCUT2D eigenvalue weighted by Gasteiger charge is -2.08. The highest BCUT2D eigenvalue weighted by atomic mass is 35.5. The van der Waals surface area contributed by atoms with Gasteiger partial charge in [0.15, 0.2) is 0 Å². The zero-order valence-corrected chi connectivity index (χ0v) is 15.4. The highest BCUT2D eigenvalue weighted by Gasteiger charge is 2.12. The summed E-state index contributed by atoms with van der Waals surface area (Å²) < 4.78 is 6.89. The van der Waals surface area contributed by atoms with E-state index in [0.29, 0.717) is 15.9 Å². The second kappa shape index (κ2) is 7.31. The van der Waals surface area contributed by atoms with Gasteiger partial charge in [0.25, 0.3) is 0 Å². The quantitative estimate of drug-likeness (QED) is 0.482. The monoisotopic (exact) mass is 383 g/mol. The fraction of sp³-hybridized carbons (Fsp3) is 0.111. The molecular formula is C18H14ClN5OS. The Kier molecular flexibility index (Phi) is 4.73. The Bertz CT molecular complexity index is 1050. The average molecular weight is 384 g/mol. The van der Waals surface area contributed by atoms with E-state index in [1.54, 1.807) is 29.8 Å². The van der Waals surface area contributed by atoms with E-state index in [0.717, 1.165) is 27.9 Å². The number of ether oxygens (including phenoxy) is 1. The first-order valence-corrected chi connectivity index (χ1v) is 9.20. The summed E-state index contributed by atoms with van der Waals surface area (Å²) >= 11 is 7.81. The number of nitrogens with zero attached hydrogens (tertiary/aromatic N) is 5. The molecule has 0 bridgehead atoms. The summed E-state index contributed by atoms with van der Waals surface area (Å²) in [7, 11) is 1.64. The minimum absolute atomic E-state index is 0.682. The van der Waals surface area contributed by atoms with Crippen LogP contribution in [0.25, 0.3) is 16.6 Å². The molecule has 8 heteroatoms. The van der Waals surface area contributed by atoms with Gasteiger partial charge >= 0.3 is 0 Å². The molecule has 0 aliphatic rings. The molecule has 0 fully saturated rings. The third kappa shape index (κ3) is 3.23. The van der Waals surface area contributed by atoms with E-state index in [4.69, 9.17) is 16.3 Å². The molecule has 0 saturated carbocycles. The van der Waals surface area contributed by atoms with Gasteiger partial charge < -0.3 is 4.74 Å². The molecule has 4 rings (SSSR count). The smallest absolute Gasteiger partial charge is 0.214 e. The maximum atomic E-state index is 6.27. The lowest BCUT2D eigenvalue weighted by Crippen LogP contribution is -1.99. The van der Waals surface area contributed by atoms with Crippen LogP contribution in [0.5, 0.6) is 5.75 Å². The van der Waals surface area contributed by atoms with Crippen LogP contribution >= 0.6 is 23.4 Å². The summed E-state index contributed by atoms with van der Waals surface area (Å²) in [6.45, 7) is 0. The topological polar surface area (TPSA) is 65.7 Å². The molecule has 0 N–H and O–H groups in total. The van der Waals surface area contributed by atoms with E-state index in [1.807, 2.05) is 48.5 Å². The van der Waals surface area contributed by atoms with Crippen molar-refractivity contribution in [3.05, 3.63) is 65.3 Å². The van der Waals surface area contributed by atoms with Crippen molar-refractivity contribution in [3.8, 4) is 11.4 Å². The molecule has 2 heterocycles. The third-order valence-electron chi connectivity index (χ3n) is 3.91. The minimum atomic E-state index is 0.682. The van der Waals surface area contributed by atoms with E-state index in [1.165, 1.54) is 0 Å². The molecule has 2 aromatic carbocycles. The SMILES string of the molecule is COc1ccc(-n2nnnc2SCc2ccc(Cl)c3cccnc23)cc1. The summed E-state index contributed by atoms with van der Waals surface area (Å²) in [6.07, 6.45) is 1.77. The number of methoxy groups -OCH3 is 1. The zero-order valence-electron chi connectivity index (χ0n) is 13.8. The molecule has 0 aliphatic heterocycles. The Balaban J connectivity index is 1.60. The van der Waals surface area contributed by atoms with Gasteiger partial charge in [-0.05, 0) is 58.5 Å². The van der Waals surface area contributed by atoms with Crippen LogP contribution in [0.4, 0.5) is 0 Å². The first kappa shape index (κ1) is 16.8. The summed E-state index contributed by atoms with van der Waals surface area (Å²) in [6, 6.07) is 15.3. The van der Waals surface area contributed by atoms with E-state index < -0.39 is 0 Å². The minimum Gasteiger partial charge on any atom is -0.497 e. The number of hydrogen-bond donors (Lipinski definition) is 0. The molecule has 26 heavy (non-hydrogen) atoms. The van der Waals surface area contributed by atoms with Crippen molar-refractivity contribution in [1.82, 2.24) is 25.2 Å². The van der Waals surface area contributed by atoms with Gasteiger partial charge in [-0.2, -0.15) is 4.68 Å². The number of rotatable bonds is 5. The summed E-state index contributed by atoms with van der Waals surface area (Å²) in [5.41, 5.74) is 2.85. The lowest BCUT2D eigenvalue weighted by atomic mass is 10.1. The molecule has 4 aromatic rings. The predicted molar refractivity (Wildman–Crippen MR) is 102 cm³/mol. The van der Waals surface area contributed by atoms with Crippen LogP contribution in [0.3, 0.4) is 0 Å². The Morgan fingerprint density at radius 1 is 1.12 bits per heavy atom. The van der Waals surface area contributed by atoms with Gasteiger partial charge in [-0.3, -0.25) is 4.98 Å². The molecule has 0 radical (unpaired) electrons. The van der Waals surface area contributed by atoms with Gasteiger partial charge in [0.05, 0.1) is 18.3 Å². The number of pyridine rings is 1. The number of halogens is 1. The summed E-state index contributed by atoms with van der Waals surface area (Å²) in [5, 5.41) is 14.4. The van der Waals surface area contributed by atoms with E-state index >= 15 is 0 Å². The van der Waals surface area contributed by atoms with Gasteiger partial charge in [0.2, 0.25) is 5.16 Å². The number of aromatic nitrogens is 5. The fourth-order valence-electron chi connectivity index (χ4n) is 2.61. The first-order chi connectivity index (χ1) is 12.8. The second-order valence-corrected chi connectivity index (χ2v) is 6.82.